The van der Waals surface area contributed by atoms with Gasteiger partial charge in [-0.15, -0.1) is 0 Å². The van der Waals surface area contributed by atoms with Gasteiger partial charge in [-0.1, -0.05) is 11.8 Å². The van der Waals surface area contributed by atoms with Crippen LogP contribution in [0.3, 0.4) is 0 Å². The van der Waals surface area contributed by atoms with E-state index in [2.05, 4.69) is 4.99 Å². The summed E-state index contributed by atoms with van der Waals surface area (Å²) in [5.41, 5.74) is 0.698. The van der Waals surface area contributed by atoms with E-state index < -0.39 is 5.82 Å². The van der Waals surface area contributed by atoms with Crippen LogP contribution in [0.2, 0.25) is 0 Å². The summed E-state index contributed by atoms with van der Waals surface area (Å²) in [6.45, 7) is 0. The van der Waals surface area contributed by atoms with Gasteiger partial charge >= 0.3 is 0 Å². The highest BCUT2D eigenvalue weighted by molar-refractivity contribution is 8.13. The van der Waals surface area contributed by atoms with Crippen LogP contribution < -0.4 is 4.90 Å². The molecule has 5 heteroatoms. The standard InChI is InChI=1S/C10H13FN2OS/c1-12-10(15-3)13(2)7-4-5-8(11)9(14)6-7/h4-6,14H,1-3H3. The second-order valence-corrected chi connectivity index (χ2v) is 3.68. The van der Waals surface area contributed by atoms with E-state index in [1.54, 1.807) is 18.0 Å². The van der Waals surface area contributed by atoms with Crippen molar-refractivity contribution in [2.75, 3.05) is 25.3 Å². The van der Waals surface area contributed by atoms with Crippen molar-refractivity contribution >= 4 is 22.6 Å². The Balaban J connectivity index is 3.01. The molecule has 3 nitrogen and oxygen atoms in total. The molecule has 0 amide bonds. The minimum absolute atomic E-state index is 0.351. The predicted octanol–water partition coefficient (Wildman–Crippen LogP) is 2.32. The fraction of sp³-hybridized carbons (Fsp3) is 0.300. The molecule has 0 bridgehead atoms. The van der Waals surface area contributed by atoms with Gasteiger partial charge in [-0.25, -0.2) is 4.39 Å². The van der Waals surface area contributed by atoms with Crippen LogP contribution in [0.25, 0.3) is 0 Å². The second-order valence-electron chi connectivity index (χ2n) is 2.91. The van der Waals surface area contributed by atoms with Gasteiger partial charge in [0.1, 0.15) is 0 Å². The molecular formula is C10H13FN2OS. The largest absolute Gasteiger partial charge is 0.505 e. The van der Waals surface area contributed by atoms with Gasteiger partial charge in [-0.2, -0.15) is 0 Å². The van der Waals surface area contributed by atoms with Gasteiger partial charge in [-0.3, -0.25) is 4.99 Å². The van der Waals surface area contributed by atoms with E-state index in [4.69, 9.17) is 0 Å². The molecule has 1 N–H and O–H groups in total. The Hall–Kier alpha value is -1.23. The van der Waals surface area contributed by atoms with Gasteiger partial charge in [0, 0.05) is 25.8 Å². The molecule has 0 saturated carbocycles. The highest BCUT2D eigenvalue weighted by Gasteiger charge is 2.09. The number of anilines is 1. The Kier molecular flexibility index (Phi) is 3.96. The van der Waals surface area contributed by atoms with E-state index in [-0.39, 0.29) is 5.75 Å². The summed E-state index contributed by atoms with van der Waals surface area (Å²) in [6, 6.07) is 4.20. The lowest BCUT2D eigenvalue weighted by molar-refractivity contribution is 0.432. The average Bonchev–Trinajstić information content (AvgIpc) is 2.23. The lowest BCUT2D eigenvalue weighted by Crippen LogP contribution is -2.23. The summed E-state index contributed by atoms with van der Waals surface area (Å²) in [6.07, 6.45) is 1.90. The van der Waals surface area contributed by atoms with Crippen LogP contribution in [0.15, 0.2) is 23.2 Å². The molecule has 0 aromatic heterocycles. The lowest BCUT2D eigenvalue weighted by atomic mass is 10.3. The van der Waals surface area contributed by atoms with E-state index in [1.165, 1.54) is 23.9 Å². The van der Waals surface area contributed by atoms with Crippen molar-refractivity contribution in [2.45, 2.75) is 0 Å². The van der Waals surface area contributed by atoms with Crippen molar-refractivity contribution in [3.63, 3.8) is 0 Å². The fourth-order valence-electron chi connectivity index (χ4n) is 1.20. The second kappa shape index (κ2) is 5.02. The first-order valence-corrected chi connectivity index (χ1v) is 5.55. The fourth-order valence-corrected chi connectivity index (χ4v) is 1.76. The van der Waals surface area contributed by atoms with Gasteiger partial charge in [-0.05, 0) is 18.4 Å². The highest BCUT2D eigenvalue weighted by atomic mass is 32.2. The number of aliphatic imine (C=N–C) groups is 1. The van der Waals surface area contributed by atoms with E-state index >= 15 is 0 Å². The van der Waals surface area contributed by atoms with Crippen LogP contribution >= 0.6 is 11.8 Å². The van der Waals surface area contributed by atoms with Crippen LogP contribution in [0.1, 0.15) is 0 Å². The van der Waals surface area contributed by atoms with Crippen LogP contribution in [-0.2, 0) is 0 Å². The zero-order valence-electron chi connectivity index (χ0n) is 8.86. The molecule has 0 unspecified atom stereocenters. The third-order valence-electron chi connectivity index (χ3n) is 1.98. The number of thioether (sulfide) groups is 1. The maximum Gasteiger partial charge on any atom is 0.164 e. The molecule has 0 heterocycles. The van der Waals surface area contributed by atoms with Crippen molar-refractivity contribution < 1.29 is 9.50 Å². The quantitative estimate of drug-likeness (QED) is 0.592. The Morgan fingerprint density at radius 2 is 2.20 bits per heavy atom. The number of phenols is 1. The zero-order chi connectivity index (χ0) is 11.4. The number of hydrogen-bond donors (Lipinski definition) is 1. The molecular weight excluding hydrogens is 215 g/mol. The molecule has 0 radical (unpaired) electrons. The Morgan fingerprint density at radius 1 is 1.53 bits per heavy atom. The number of rotatable bonds is 1. The number of phenolic OH excluding ortho intramolecular Hbond substituents is 1. The summed E-state index contributed by atoms with van der Waals surface area (Å²) < 4.78 is 12.8. The summed E-state index contributed by atoms with van der Waals surface area (Å²) in [5.74, 6) is -0.970. The van der Waals surface area contributed by atoms with Gasteiger partial charge in [0.15, 0.2) is 16.7 Å². The number of benzene rings is 1. The summed E-state index contributed by atoms with van der Waals surface area (Å²) in [7, 11) is 3.50. The number of nitrogens with zero attached hydrogens (tertiary/aromatic N) is 2. The van der Waals surface area contributed by atoms with Crippen LogP contribution in [0, 0.1) is 5.82 Å². The summed E-state index contributed by atoms with van der Waals surface area (Å²) in [4.78, 5) is 5.85. The van der Waals surface area contributed by atoms with Crippen LogP contribution in [0.4, 0.5) is 10.1 Å². The van der Waals surface area contributed by atoms with E-state index in [0.717, 1.165) is 5.17 Å². The molecule has 0 aliphatic carbocycles. The Labute approximate surface area is 92.6 Å². The predicted molar refractivity (Wildman–Crippen MR) is 63.3 cm³/mol. The Bertz CT molecular complexity index is 382. The zero-order valence-corrected chi connectivity index (χ0v) is 9.68. The van der Waals surface area contributed by atoms with Crippen molar-refractivity contribution in [1.82, 2.24) is 0 Å². The van der Waals surface area contributed by atoms with Crippen molar-refractivity contribution in [3.05, 3.63) is 24.0 Å². The number of hydrogen-bond acceptors (Lipinski definition) is 3. The third kappa shape index (κ3) is 2.62. The number of halogens is 1. The number of aromatic hydroxyl groups is 1. The number of amidine groups is 1. The van der Waals surface area contributed by atoms with Gasteiger partial charge < -0.3 is 10.0 Å². The van der Waals surface area contributed by atoms with Crippen molar-refractivity contribution in [1.29, 1.82) is 0 Å². The SMILES string of the molecule is CN=C(SC)N(C)c1ccc(F)c(O)c1. The minimum atomic E-state index is -0.619. The molecule has 1 aromatic rings. The summed E-state index contributed by atoms with van der Waals surface area (Å²) in [5, 5.41) is 10.0. The first kappa shape index (κ1) is 11.8. The van der Waals surface area contributed by atoms with Gasteiger partial charge in [0.2, 0.25) is 0 Å². The van der Waals surface area contributed by atoms with Crippen LogP contribution in [-0.4, -0.2) is 30.6 Å². The molecule has 1 rings (SSSR count). The topological polar surface area (TPSA) is 35.8 Å². The first-order valence-electron chi connectivity index (χ1n) is 4.33. The lowest BCUT2D eigenvalue weighted by Gasteiger charge is -2.19. The molecule has 15 heavy (non-hydrogen) atoms. The van der Waals surface area contributed by atoms with Crippen molar-refractivity contribution in [2.24, 2.45) is 4.99 Å². The molecule has 1 aromatic carbocycles. The average molecular weight is 228 g/mol. The van der Waals surface area contributed by atoms with E-state index in [9.17, 15) is 9.50 Å². The third-order valence-corrected chi connectivity index (χ3v) is 2.80. The molecule has 0 aliphatic rings. The molecule has 82 valence electrons. The van der Waals surface area contributed by atoms with Crippen LogP contribution in [0.5, 0.6) is 5.75 Å². The van der Waals surface area contributed by atoms with Gasteiger partial charge in [0.05, 0.1) is 0 Å². The molecule has 0 aliphatic heterocycles. The highest BCUT2D eigenvalue weighted by Crippen LogP contribution is 2.24. The summed E-state index contributed by atoms with van der Waals surface area (Å²) >= 11 is 1.48. The Morgan fingerprint density at radius 3 is 2.67 bits per heavy atom. The molecule has 0 fully saturated rings. The smallest absolute Gasteiger partial charge is 0.164 e. The van der Waals surface area contributed by atoms with E-state index in [1.807, 2.05) is 13.3 Å². The maximum atomic E-state index is 12.8. The van der Waals surface area contributed by atoms with Gasteiger partial charge in [0.25, 0.3) is 0 Å². The molecule has 0 spiro atoms. The first-order chi connectivity index (χ1) is 7.10. The molecule has 0 atom stereocenters. The molecule has 0 saturated heterocycles. The maximum absolute atomic E-state index is 12.8. The van der Waals surface area contributed by atoms with Crippen molar-refractivity contribution in [3.8, 4) is 5.75 Å². The minimum Gasteiger partial charge on any atom is -0.505 e. The van der Waals surface area contributed by atoms with E-state index in [0.29, 0.717) is 5.69 Å². The normalized spacial score (nSPS) is 11.6. The monoisotopic (exact) mass is 228 g/mol.